The SMILES string of the molecule is NC(=O)C(ON=CC(F)(F)F)c1ccc(F)cc1. The van der Waals surface area contributed by atoms with E-state index in [1.54, 1.807) is 0 Å². The van der Waals surface area contributed by atoms with Crippen LogP contribution in [0.4, 0.5) is 17.6 Å². The minimum Gasteiger partial charge on any atom is -0.378 e. The van der Waals surface area contributed by atoms with Crippen LogP contribution in [0.15, 0.2) is 29.4 Å². The van der Waals surface area contributed by atoms with Crippen LogP contribution in [0, 0.1) is 5.82 Å². The summed E-state index contributed by atoms with van der Waals surface area (Å²) in [5.74, 6) is -1.61. The van der Waals surface area contributed by atoms with E-state index in [0.29, 0.717) is 0 Å². The van der Waals surface area contributed by atoms with Gasteiger partial charge in [0, 0.05) is 5.56 Å². The van der Waals surface area contributed by atoms with Crippen molar-refractivity contribution in [3.63, 3.8) is 0 Å². The number of amides is 1. The Balaban J connectivity index is 2.81. The van der Waals surface area contributed by atoms with Crippen LogP contribution in [0.5, 0.6) is 0 Å². The topological polar surface area (TPSA) is 64.7 Å². The molecule has 98 valence electrons. The third-order valence-corrected chi connectivity index (χ3v) is 1.80. The lowest BCUT2D eigenvalue weighted by atomic mass is 10.1. The number of rotatable bonds is 4. The van der Waals surface area contributed by atoms with E-state index in [-0.39, 0.29) is 5.56 Å². The summed E-state index contributed by atoms with van der Waals surface area (Å²) < 4.78 is 47.9. The maximum Gasteiger partial charge on any atom is 0.429 e. The molecular formula is C10H8F4N2O2. The van der Waals surface area contributed by atoms with E-state index in [4.69, 9.17) is 5.73 Å². The molecule has 1 amide bonds. The van der Waals surface area contributed by atoms with Gasteiger partial charge >= 0.3 is 6.18 Å². The van der Waals surface area contributed by atoms with Crippen LogP contribution in [0.3, 0.4) is 0 Å². The van der Waals surface area contributed by atoms with Crippen molar-refractivity contribution in [2.24, 2.45) is 10.9 Å². The van der Waals surface area contributed by atoms with Crippen LogP contribution in [-0.4, -0.2) is 18.3 Å². The Morgan fingerprint density at radius 2 is 1.89 bits per heavy atom. The van der Waals surface area contributed by atoms with E-state index < -0.39 is 30.2 Å². The first kappa shape index (κ1) is 13.9. The maximum absolute atomic E-state index is 12.6. The molecule has 1 rings (SSSR count). The second-order valence-corrected chi connectivity index (χ2v) is 3.22. The number of nitrogens with two attached hydrogens (primary N) is 1. The highest BCUT2D eigenvalue weighted by atomic mass is 19.4. The number of hydrogen-bond donors (Lipinski definition) is 1. The molecule has 1 unspecified atom stereocenters. The lowest BCUT2D eigenvalue weighted by molar-refractivity contribution is -0.130. The van der Waals surface area contributed by atoms with Gasteiger partial charge in [0.1, 0.15) is 12.0 Å². The lowest BCUT2D eigenvalue weighted by Crippen LogP contribution is -2.23. The second kappa shape index (κ2) is 5.48. The van der Waals surface area contributed by atoms with Crippen LogP contribution >= 0.6 is 0 Å². The Kier molecular flexibility index (Phi) is 4.24. The molecule has 0 bridgehead atoms. The number of oxime groups is 1. The summed E-state index contributed by atoms with van der Waals surface area (Å²) in [6.07, 6.45) is -6.60. The summed E-state index contributed by atoms with van der Waals surface area (Å²) in [7, 11) is 0. The van der Waals surface area contributed by atoms with Gasteiger partial charge in [-0.2, -0.15) is 13.2 Å². The van der Waals surface area contributed by atoms with Gasteiger partial charge in [-0.15, -0.1) is 0 Å². The van der Waals surface area contributed by atoms with Crippen molar-refractivity contribution in [2.45, 2.75) is 12.3 Å². The number of hydrogen-bond acceptors (Lipinski definition) is 3. The minimum atomic E-state index is -4.66. The molecule has 1 atom stereocenters. The molecule has 0 aromatic heterocycles. The van der Waals surface area contributed by atoms with Crippen molar-refractivity contribution in [1.29, 1.82) is 0 Å². The maximum atomic E-state index is 12.6. The van der Waals surface area contributed by atoms with Gasteiger partial charge in [-0.25, -0.2) is 4.39 Å². The minimum absolute atomic E-state index is 0.100. The van der Waals surface area contributed by atoms with E-state index in [0.717, 1.165) is 24.3 Å². The molecule has 2 N–H and O–H groups in total. The van der Waals surface area contributed by atoms with E-state index in [1.807, 2.05) is 0 Å². The summed E-state index contributed by atoms with van der Waals surface area (Å²) in [6, 6.07) is 4.35. The molecule has 0 radical (unpaired) electrons. The van der Waals surface area contributed by atoms with Gasteiger partial charge in [0.15, 0.2) is 0 Å². The van der Waals surface area contributed by atoms with Crippen LogP contribution in [0.25, 0.3) is 0 Å². The molecule has 18 heavy (non-hydrogen) atoms. The molecule has 0 aliphatic rings. The fourth-order valence-electron chi connectivity index (χ4n) is 1.07. The fraction of sp³-hybridized carbons (Fsp3) is 0.200. The van der Waals surface area contributed by atoms with E-state index >= 15 is 0 Å². The molecular weight excluding hydrogens is 256 g/mol. The predicted octanol–water partition coefficient (Wildman–Crippen LogP) is 1.92. The average Bonchev–Trinajstić information content (AvgIpc) is 2.24. The molecule has 0 heterocycles. The van der Waals surface area contributed by atoms with Crippen molar-refractivity contribution in [1.82, 2.24) is 0 Å². The highest BCUT2D eigenvalue weighted by molar-refractivity contribution is 5.80. The Morgan fingerprint density at radius 1 is 1.33 bits per heavy atom. The summed E-state index contributed by atoms with van der Waals surface area (Å²) in [4.78, 5) is 15.3. The third kappa shape index (κ3) is 4.40. The molecule has 1 aromatic rings. The van der Waals surface area contributed by atoms with E-state index in [9.17, 15) is 22.4 Å². The highest BCUT2D eigenvalue weighted by Gasteiger charge is 2.25. The third-order valence-electron chi connectivity index (χ3n) is 1.80. The summed E-state index contributed by atoms with van der Waals surface area (Å²) in [6.45, 7) is 0. The van der Waals surface area contributed by atoms with Crippen molar-refractivity contribution in [2.75, 3.05) is 0 Å². The smallest absolute Gasteiger partial charge is 0.378 e. The zero-order valence-corrected chi connectivity index (χ0v) is 8.82. The van der Waals surface area contributed by atoms with Crippen molar-refractivity contribution in [3.8, 4) is 0 Å². The van der Waals surface area contributed by atoms with E-state index in [2.05, 4.69) is 9.99 Å². The number of carbonyl (C=O) groups excluding carboxylic acids is 1. The van der Waals surface area contributed by atoms with Gasteiger partial charge in [0.05, 0.1) is 0 Å². The van der Waals surface area contributed by atoms with Crippen molar-refractivity contribution < 1.29 is 27.2 Å². The Labute approximate surface area is 99.0 Å². The Morgan fingerprint density at radius 3 is 2.33 bits per heavy atom. The van der Waals surface area contributed by atoms with Gasteiger partial charge in [0.25, 0.3) is 5.91 Å². The van der Waals surface area contributed by atoms with Crippen molar-refractivity contribution >= 4 is 12.1 Å². The van der Waals surface area contributed by atoms with Gasteiger partial charge in [-0.1, -0.05) is 17.3 Å². The number of carbonyl (C=O) groups is 1. The van der Waals surface area contributed by atoms with Gasteiger partial charge in [0.2, 0.25) is 6.10 Å². The molecule has 0 spiro atoms. The quantitative estimate of drug-likeness (QED) is 0.513. The monoisotopic (exact) mass is 264 g/mol. The Hall–Kier alpha value is -2.12. The Bertz CT molecular complexity index is 442. The first-order valence-electron chi connectivity index (χ1n) is 4.61. The number of alkyl halides is 3. The highest BCUT2D eigenvalue weighted by Crippen LogP contribution is 2.18. The van der Waals surface area contributed by atoms with E-state index in [1.165, 1.54) is 0 Å². The van der Waals surface area contributed by atoms with Crippen LogP contribution in [0.2, 0.25) is 0 Å². The first-order chi connectivity index (χ1) is 8.29. The van der Waals surface area contributed by atoms with Crippen molar-refractivity contribution in [3.05, 3.63) is 35.6 Å². The molecule has 0 saturated carbocycles. The number of nitrogens with zero attached hydrogens (tertiary/aromatic N) is 1. The van der Waals surface area contributed by atoms with Gasteiger partial charge in [-0.3, -0.25) is 4.79 Å². The molecule has 0 aliphatic carbocycles. The van der Waals surface area contributed by atoms with Crippen LogP contribution in [0.1, 0.15) is 11.7 Å². The standard InChI is InChI=1S/C10H8F4N2O2/c11-7-3-1-6(2-4-7)8(9(15)17)18-16-5-10(12,13)14/h1-5,8H,(H2,15,17). The lowest BCUT2D eigenvalue weighted by Gasteiger charge is -2.11. The summed E-state index contributed by atoms with van der Waals surface area (Å²) in [5.41, 5.74) is 5.04. The fourth-order valence-corrected chi connectivity index (χ4v) is 1.07. The molecule has 0 saturated heterocycles. The molecule has 1 aromatic carbocycles. The number of benzene rings is 1. The summed E-state index contributed by atoms with van der Waals surface area (Å²) >= 11 is 0. The number of primary amides is 1. The average molecular weight is 264 g/mol. The molecule has 4 nitrogen and oxygen atoms in total. The van der Waals surface area contributed by atoms with Crippen LogP contribution in [-0.2, 0) is 9.63 Å². The predicted molar refractivity (Wildman–Crippen MR) is 54.0 cm³/mol. The zero-order valence-electron chi connectivity index (χ0n) is 8.82. The largest absolute Gasteiger partial charge is 0.429 e. The van der Waals surface area contributed by atoms with Gasteiger partial charge in [-0.05, 0) is 12.1 Å². The zero-order chi connectivity index (χ0) is 13.8. The first-order valence-corrected chi connectivity index (χ1v) is 4.61. The number of halogens is 4. The van der Waals surface area contributed by atoms with Gasteiger partial charge < -0.3 is 10.6 Å². The normalized spacial score (nSPS) is 13.6. The summed E-state index contributed by atoms with van der Waals surface area (Å²) in [5, 5.41) is 2.62. The second-order valence-electron chi connectivity index (χ2n) is 3.22. The molecule has 0 fully saturated rings. The molecule has 8 heteroatoms. The van der Waals surface area contributed by atoms with Crippen LogP contribution < -0.4 is 5.73 Å². The molecule has 0 aliphatic heterocycles.